The van der Waals surface area contributed by atoms with Crippen LogP contribution in [-0.4, -0.2) is 59.4 Å². The van der Waals surface area contributed by atoms with Gasteiger partial charge in [-0.05, 0) is 45.1 Å². The lowest BCUT2D eigenvalue weighted by Gasteiger charge is -2.43. The Morgan fingerprint density at radius 2 is 2.07 bits per heavy atom. The topological polar surface area (TPSA) is 61.9 Å². The van der Waals surface area contributed by atoms with Crippen LogP contribution in [0, 0.1) is 0 Å². The number of rotatable bonds is 3. The summed E-state index contributed by atoms with van der Waals surface area (Å²) >= 11 is 0. The highest BCUT2D eigenvalue weighted by Crippen LogP contribution is 2.37. The van der Waals surface area contributed by atoms with Gasteiger partial charge in [-0.1, -0.05) is 18.2 Å². The lowest BCUT2D eigenvalue weighted by molar-refractivity contribution is -0.144. The van der Waals surface area contributed by atoms with Gasteiger partial charge < -0.3 is 19.9 Å². The summed E-state index contributed by atoms with van der Waals surface area (Å²) in [5.74, 6) is 1.14. The summed E-state index contributed by atoms with van der Waals surface area (Å²) in [6, 6.07) is 8.09. The van der Waals surface area contributed by atoms with E-state index in [0.29, 0.717) is 13.0 Å². The molecule has 6 heteroatoms. The molecule has 28 heavy (non-hydrogen) atoms. The molecule has 6 nitrogen and oxygen atoms in total. The predicted octanol–water partition coefficient (Wildman–Crippen LogP) is 2.32. The number of ether oxygens (including phenoxy) is 1. The minimum absolute atomic E-state index is 0.0569. The SMILES string of the molecule is C[C@@H](C(=O)N(C)C1CCC2(CC1)CNCc1ccccc1O2)N1CCCC1=O. The molecule has 1 saturated heterocycles. The van der Waals surface area contributed by atoms with Crippen LogP contribution in [-0.2, 0) is 16.1 Å². The van der Waals surface area contributed by atoms with Gasteiger partial charge in [-0.2, -0.15) is 0 Å². The van der Waals surface area contributed by atoms with E-state index < -0.39 is 0 Å². The quantitative estimate of drug-likeness (QED) is 0.867. The number of nitrogens with one attached hydrogen (secondary N) is 1. The molecule has 0 bridgehead atoms. The van der Waals surface area contributed by atoms with E-state index in [0.717, 1.165) is 50.9 Å². The predicted molar refractivity (Wildman–Crippen MR) is 107 cm³/mol. The van der Waals surface area contributed by atoms with Gasteiger partial charge in [0, 0.05) is 44.7 Å². The summed E-state index contributed by atoms with van der Waals surface area (Å²) in [6.45, 7) is 4.24. The van der Waals surface area contributed by atoms with E-state index in [1.54, 1.807) is 4.90 Å². The van der Waals surface area contributed by atoms with E-state index in [9.17, 15) is 9.59 Å². The highest BCUT2D eigenvalue weighted by molar-refractivity contribution is 5.88. The lowest BCUT2D eigenvalue weighted by Crippen LogP contribution is -2.53. The standard InChI is InChI=1S/C22H31N3O3/c1-16(25-13-5-8-20(25)26)21(27)24(2)18-9-11-22(12-10-18)15-23-14-17-6-3-4-7-19(17)28-22/h3-4,6-7,16,18,23H,5,8-15H2,1-2H3/t16-,18?,22?/m0/s1. The van der Waals surface area contributed by atoms with Crippen LogP contribution in [0.4, 0.5) is 0 Å². The maximum absolute atomic E-state index is 12.9. The van der Waals surface area contributed by atoms with E-state index in [1.165, 1.54) is 5.56 Å². The summed E-state index contributed by atoms with van der Waals surface area (Å²) in [5, 5.41) is 3.54. The molecule has 3 aliphatic rings. The maximum atomic E-state index is 12.9. The molecule has 0 aromatic heterocycles. The second-order valence-electron chi connectivity index (χ2n) is 8.54. The van der Waals surface area contributed by atoms with Crippen LogP contribution in [0.25, 0.3) is 0 Å². The monoisotopic (exact) mass is 385 g/mol. The third-order valence-corrected chi connectivity index (χ3v) is 6.76. The van der Waals surface area contributed by atoms with Gasteiger partial charge in [0.1, 0.15) is 17.4 Å². The number of hydrogen-bond donors (Lipinski definition) is 1. The smallest absolute Gasteiger partial charge is 0.245 e. The van der Waals surface area contributed by atoms with Crippen molar-refractivity contribution in [1.82, 2.24) is 15.1 Å². The average Bonchev–Trinajstić information content (AvgIpc) is 3.05. The molecule has 1 aromatic rings. The van der Waals surface area contributed by atoms with E-state index in [2.05, 4.69) is 17.4 Å². The van der Waals surface area contributed by atoms with Crippen molar-refractivity contribution in [2.75, 3.05) is 20.1 Å². The number of fused-ring (bicyclic) bond motifs is 1. The Morgan fingerprint density at radius 3 is 2.79 bits per heavy atom. The Labute approximate surface area is 167 Å². The zero-order valence-electron chi connectivity index (χ0n) is 16.9. The molecule has 2 amide bonds. The minimum atomic E-state index is -0.362. The number of hydrogen-bond acceptors (Lipinski definition) is 4. The first kappa shape index (κ1) is 19.2. The van der Waals surface area contributed by atoms with Crippen molar-refractivity contribution < 1.29 is 14.3 Å². The molecular formula is C22H31N3O3. The van der Waals surface area contributed by atoms with Crippen LogP contribution >= 0.6 is 0 Å². The van der Waals surface area contributed by atoms with Crippen LogP contribution in [0.5, 0.6) is 5.75 Å². The highest BCUT2D eigenvalue weighted by Gasteiger charge is 2.41. The summed E-state index contributed by atoms with van der Waals surface area (Å²) < 4.78 is 6.50. The number of carbonyl (C=O) groups is 2. The molecule has 2 aliphatic heterocycles. The Balaban J connectivity index is 1.38. The number of carbonyl (C=O) groups excluding carboxylic acids is 2. The van der Waals surface area contributed by atoms with Crippen molar-refractivity contribution in [2.45, 2.75) is 69.7 Å². The van der Waals surface area contributed by atoms with Gasteiger partial charge in [-0.25, -0.2) is 0 Å². The molecule has 1 N–H and O–H groups in total. The molecular weight excluding hydrogens is 354 g/mol. The lowest BCUT2D eigenvalue weighted by atomic mass is 9.81. The fourth-order valence-corrected chi connectivity index (χ4v) is 4.93. The maximum Gasteiger partial charge on any atom is 0.245 e. The first-order chi connectivity index (χ1) is 13.5. The van der Waals surface area contributed by atoms with Crippen molar-refractivity contribution in [3.8, 4) is 5.75 Å². The van der Waals surface area contributed by atoms with Crippen LogP contribution < -0.4 is 10.1 Å². The molecule has 152 valence electrons. The van der Waals surface area contributed by atoms with Gasteiger partial charge in [0.15, 0.2) is 0 Å². The number of nitrogens with zero attached hydrogens (tertiary/aromatic N) is 2. The number of benzene rings is 1. The highest BCUT2D eigenvalue weighted by atomic mass is 16.5. The van der Waals surface area contributed by atoms with E-state index in [-0.39, 0.29) is 29.5 Å². The second-order valence-corrected chi connectivity index (χ2v) is 8.54. The summed E-state index contributed by atoms with van der Waals surface area (Å²) in [4.78, 5) is 28.5. The number of likely N-dealkylation sites (N-methyl/N-ethyl adjacent to an activating group) is 1. The summed E-state index contributed by atoms with van der Waals surface area (Å²) in [7, 11) is 1.89. The molecule has 2 heterocycles. The van der Waals surface area contributed by atoms with Gasteiger partial charge in [0.25, 0.3) is 0 Å². The molecule has 0 radical (unpaired) electrons. The Hall–Kier alpha value is -2.08. The van der Waals surface area contributed by atoms with Gasteiger partial charge in [-0.15, -0.1) is 0 Å². The van der Waals surface area contributed by atoms with E-state index in [1.807, 2.05) is 31.0 Å². The van der Waals surface area contributed by atoms with Gasteiger partial charge in [0.05, 0.1) is 0 Å². The van der Waals surface area contributed by atoms with Crippen molar-refractivity contribution in [1.29, 1.82) is 0 Å². The van der Waals surface area contributed by atoms with Crippen molar-refractivity contribution in [3.05, 3.63) is 29.8 Å². The number of para-hydroxylation sites is 1. The normalized spacial score (nSPS) is 28.4. The third-order valence-electron chi connectivity index (χ3n) is 6.76. The van der Waals surface area contributed by atoms with Crippen LogP contribution in [0.3, 0.4) is 0 Å². The minimum Gasteiger partial charge on any atom is -0.486 e. The van der Waals surface area contributed by atoms with Crippen LogP contribution in [0.2, 0.25) is 0 Å². The summed E-state index contributed by atoms with van der Waals surface area (Å²) in [6.07, 6.45) is 5.12. The Bertz CT molecular complexity index is 742. The molecule has 1 aliphatic carbocycles. The van der Waals surface area contributed by atoms with Gasteiger partial charge in [-0.3, -0.25) is 9.59 Å². The fraction of sp³-hybridized carbons (Fsp3) is 0.636. The van der Waals surface area contributed by atoms with Crippen molar-refractivity contribution >= 4 is 11.8 Å². The zero-order valence-corrected chi connectivity index (χ0v) is 16.9. The average molecular weight is 386 g/mol. The second kappa shape index (κ2) is 7.74. The van der Waals surface area contributed by atoms with Gasteiger partial charge >= 0.3 is 0 Å². The molecule has 1 atom stereocenters. The zero-order chi connectivity index (χ0) is 19.7. The number of likely N-dealkylation sites (tertiary alicyclic amines) is 1. The molecule has 1 saturated carbocycles. The molecule has 1 aromatic carbocycles. The largest absolute Gasteiger partial charge is 0.486 e. The molecule has 4 rings (SSSR count). The van der Waals surface area contributed by atoms with E-state index >= 15 is 0 Å². The first-order valence-electron chi connectivity index (χ1n) is 10.5. The number of amides is 2. The fourth-order valence-electron chi connectivity index (χ4n) is 4.93. The van der Waals surface area contributed by atoms with Crippen molar-refractivity contribution in [3.63, 3.8) is 0 Å². The molecule has 1 spiro atoms. The van der Waals surface area contributed by atoms with Gasteiger partial charge in [0.2, 0.25) is 11.8 Å². The Morgan fingerprint density at radius 1 is 1.32 bits per heavy atom. The first-order valence-corrected chi connectivity index (χ1v) is 10.5. The third kappa shape index (κ3) is 3.62. The van der Waals surface area contributed by atoms with Crippen molar-refractivity contribution in [2.24, 2.45) is 0 Å². The summed E-state index contributed by atoms with van der Waals surface area (Å²) in [5.41, 5.74) is 1.02. The van der Waals surface area contributed by atoms with Crippen LogP contribution in [0.15, 0.2) is 24.3 Å². The molecule has 0 unspecified atom stereocenters. The molecule has 2 fully saturated rings. The Kier molecular flexibility index (Phi) is 5.32. The van der Waals surface area contributed by atoms with Crippen LogP contribution in [0.1, 0.15) is 51.0 Å². The van der Waals surface area contributed by atoms with E-state index in [4.69, 9.17) is 4.74 Å².